The number of hydrazine groups is 1. The van der Waals surface area contributed by atoms with Gasteiger partial charge >= 0.3 is 0 Å². The average molecular weight is 455 g/mol. The quantitative estimate of drug-likeness (QED) is 0.707. The zero-order valence-corrected chi connectivity index (χ0v) is 18.9. The molecule has 1 unspecified atom stereocenters. The molecule has 9 heteroatoms. The first-order chi connectivity index (χ1) is 15.3. The normalized spacial score (nSPS) is 22.6. The Morgan fingerprint density at radius 2 is 1.53 bits per heavy atom. The maximum Gasteiger partial charge on any atom is 0.289 e. The highest BCUT2D eigenvalue weighted by Crippen LogP contribution is 2.27. The minimum absolute atomic E-state index is 0.209. The molecule has 0 radical (unpaired) electrons. The summed E-state index contributed by atoms with van der Waals surface area (Å²) in [6.45, 7) is 2.33. The van der Waals surface area contributed by atoms with Crippen molar-refractivity contribution < 1.29 is 18.0 Å². The highest BCUT2D eigenvalue weighted by molar-refractivity contribution is 7.89. The van der Waals surface area contributed by atoms with Gasteiger partial charge in [0, 0.05) is 26.1 Å². The Kier molecular flexibility index (Phi) is 6.23. The lowest BCUT2D eigenvalue weighted by atomic mass is 9.97. The molecule has 2 saturated heterocycles. The Hall–Kier alpha value is -2.88. The average Bonchev–Trinajstić information content (AvgIpc) is 3.03. The van der Waals surface area contributed by atoms with E-state index in [1.165, 1.54) is 9.31 Å². The first-order valence-corrected chi connectivity index (χ1v) is 12.0. The zero-order chi connectivity index (χ0) is 22.9. The van der Waals surface area contributed by atoms with Crippen LogP contribution in [0.3, 0.4) is 0 Å². The SMILES string of the molecule is CC1C(=NC(=O)C2CCN(S(=O)(=O)c3ccccc3)CC2)C(=O)N(c2ccccc2)N1C. The van der Waals surface area contributed by atoms with E-state index in [1.54, 1.807) is 42.4 Å². The Bertz CT molecular complexity index is 1130. The zero-order valence-electron chi connectivity index (χ0n) is 18.1. The van der Waals surface area contributed by atoms with Gasteiger partial charge in [0.1, 0.15) is 5.71 Å². The minimum atomic E-state index is -3.58. The van der Waals surface area contributed by atoms with Crippen molar-refractivity contribution in [1.82, 2.24) is 9.31 Å². The van der Waals surface area contributed by atoms with Crippen molar-refractivity contribution in [1.29, 1.82) is 0 Å². The van der Waals surface area contributed by atoms with Crippen LogP contribution in [0.4, 0.5) is 5.69 Å². The molecule has 1 atom stereocenters. The number of benzene rings is 2. The van der Waals surface area contributed by atoms with E-state index in [2.05, 4.69) is 4.99 Å². The van der Waals surface area contributed by atoms with Crippen molar-refractivity contribution in [2.24, 2.45) is 10.9 Å². The Morgan fingerprint density at radius 3 is 2.12 bits per heavy atom. The summed E-state index contributed by atoms with van der Waals surface area (Å²) in [5.41, 5.74) is 0.921. The Balaban J connectivity index is 1.45. The molecule has 0 N–H and O–H groups in total. The smallest absolute Gasteiger partial charge is 0.272 e. The maximum atomic E-state index is 13.0. The van der Waals surface area contributed by atoms with Gasteiger partial charge in [0.05, 0.1) is 16.6 Å². The maximum absolute atomic E-state index is 13.0. The summed E-state index contributed by atoms with van der Waals surface area (Å²) >= 11 is 0. The number of aliphatic imine (C=N–C) groups is 1. The third kappa shape index (κ3) is 4.11. The van der Waals surface area contributed by atoms with Crippen LogP contribution in [0.2, 0.25) is 0 Å². The monoisotopic (exact) mass is 454 g/mol. The Morgan fingerprint density at radius 1 is 0.969 bits per heavy atom. The number of carbonyl (C=O) groups is 2. The van der Waals surface area contributed by atoms with Gasteiger partial charge in [-0.3, -0.25) is 9.59 Å². The van der Waals surface area contributed by atoms with Gasteiger partial charge in [-0.2, -0.15) is 4.31 Å². The van der Waals surface area contributed by atoms with Crippen molar-refractivity contribution in [3.8, 4) is 0 Å². The Labute approximate surface area is 188 Å². The fourth-order valence-electron chi connectivity index (χ4n) is 4.09. The number of amides is 2. The summed E-state index contributed by atoms with van der Waals surface area (Å²) < 4.78 is 27.0. The molecule has 32 heavy (non-hydrogen) atoms. The summed E-state index contributed by atoms with van der Waals surface area (Å²) in [7, 11) is -1.79. The molecule has 0 spiro atoms. The number of hydrogen-bond donors (Lipinski definition) is 0. The lowest BCUT2D eigenvalue weighted by Crippen LogP contribution is -2.40. The lowest BCUT2D eigenvalue weighted by molar-refractivity contribution is -0.123. The standard InChI is InChI=1S/C23H26N4O4S/c1-17-21(23(29)27(25(17)2)19-9-5-3-6-10-19)24-22(28)18-13-15-26(16-14-18)32(30,31)20-11-7-4-8-12-20/h3-12,17-18H,13-16H2,1-2H3. The van der Waals surface area contributed by atoms with Gasteiger partial charge in [0.15, 0.2) is 0 Å². The van der Waals surface area contributed by atoms with Crippen LogP contribution in [0.5, 0.6) is 0 Å². The molecule has 2 aromatic carbocycles. The van der Waals surface area contributed by atoms with E-state index >= 15 is 0 Å². The van der Waals surface area contributed by atoms with Gasteiger partial charge in [-0.05, 0) is 44.0 Å². The summed E-state index contributed by atoms with van der Waals surface area (Å²) in [5, 5.41) is 3.28. The number of anilines is 1. The molecule has 2 aliphatic heterocycles. The highest BCUT2D eigenvalue weighted by Gasteiger charge is 2.41. The van der Waals surface area contributed by atoms with Gasteiger partial charge in [0.25, 0.3) is 5.91 Å². The largest absolute Gasteiger partial charge is 0.289 e. The summed E-state index contributed by atoms with van der Waals surface area (Å²) in [5.74, 6) is -1.08. The molecule has 0 aromatic heterocycles. The van der Waals surface area contributed by atoms with Crippen LogP contribution in [0.1, 0.15) is 19.8 Å². The molecule has 168 valence electrons. The first kappa shape index (κ1) is 22.3. The third-order valence-electron chi connectivity index (χ3n) is 6.10. The van der Waals surface area contributed by atoms with Crippen molar-refractivity contribution in [3.05, 3.63) is 60.7 Å². The number of carbonyl (C=O) groups excluding carboxylic acids is 2. The van der Waals surface area contributed by atoms with Crippen molar-refractivity contribution in [3.63, 3.8) is 0 Å². The van der Waals surface area contributed by atoms with Crippen LogP contribution in [-0.2, 0) is 19.6 Å². The number of para-hydroxylation sites is 1. The fourth-order valence-corrected chi connectivity index (χ4v) is 5.58. The molecule has 0 bridgehead atoms. The van der Waals surface area contributed by atoms with Crippen LogP contribution in [0.25, 0.3) is 0 Å². The second-order valence-corrected chi connectivity index (χ2v) is 9.97. The summed E-state index contributed by atoms with van der Waals surface area (Å²) in [6.07, 6.45) is 0.755. The van der Waals surface area contributed by atoms with Gasteiger partial charge in [0.2, 0.25) is 15.9 Å². The molecular weight excluding hydrogens is 428 g/mol. The molecule has 2 aromatic rings. The number of hydrogen-bond acceptors (Lipinski definition) is 5. The van der Waals surface area contributed by atoms with Gasteiger partial charge in [-0.1, -0.05) is 36.4 Å². The number of nitrogens with zero attached hydrogens (tertiary/aromatic N) is 4. The molecule has 0 saturated carbocycles. The summed E-state index contributed by atoms with van der Waals surface area (Å²) in [6, 6.07) is 17.2. The van der Waals surface area contributed by atoms with Gasteiger partial charge in [-0.15, -0.1) is 0 Å². The number of sulfonamides is 1. The van der Waals surface area contributed by atoms with E-state index in [0.29, 0.717) is 18.5 Å². The van der Waals surface area contributed by atoms with E-state index in [4.69, 9.17) is 0 Å². The van der Waals surface area contributed by atoms with E-state index in [-0.39, 0.29) is 41.6 Å². The molecular formula is C23H26N4O4S. The van der Waals surface area contributed by atoms with Crippen LogP contribution in [0, 0.1) is 5.92 Å². The molecule has 4 rings (SSSR count). The van der Waals surface area contributed by atoms with E-state index in [0.717, 1.165) is 0 Å². The molecule has 2 fully saturated rings. The molecule has 8 nitrogen and oxygen atoms in total. The van der Waals surface area contributed by atoms with Crippen LogP contribution >= 0.6 is 0 Å². The van der Waals surface area contributed by atoms with Gasteiger partial charge in [-0.25, -0.2) is 23.4 Å². The van der Waals surface area contributed by atoms with Crippen LogP contribution in [-0.4, -0.2) is 61.4 Å². The topological polar surface area (TPSA) is 90.4 Å². The van der Waals surface area contributed by atoms with E-state index in [1.807, 2.05) is 37.3 Å². The second-order valence-electron chi connectivity index (χ2n) is 8.03. The number of piperidine rings is 1. The molecule has 0 aliphatic carbocycles. The first-order valence-electron chi connectivity index (χ1n) is 10.6. The highest BCUT2D eigenvalue weighted by atomic mass is 32.2. The van der Waals surface area contributed by atoms with Crippen LogP contribution < -0.4 is 5.01 Å². The molecule has 2 amide bonds. The lowest BCUT2D eigenvalue weighted by Gasteiger charge is -2.29. The third-order valence-corrected chi connectivity index (χ3v) is 8.01. The molecule has 2 heterocycles. The fraction of sp³-hybridized carbons (Fsp3) is 0.348. The van der Waals surface area contributed by atoms with E-state index < -0.39 is 15.9 Å². The number of rotatable bonds is 4. The van der Waals surface area contributed by atoms with E-state index in [9.17, 15) is 18.0 Å². The molecule has 2 aliphatic rings. The predicted octanol–water partition coefficient (Wildman–Crippen LogP) is 2.34. The minimum Gasteiger partial charge on any atom is -0.272 e. The summed E-state index contributed by atoms with van der Waals surface area (Å²) in [4.78, 5) is 30.3. The predicted molar refractivity (Wildman–Crippen MR) is 122 cm³/mol. The van der Waals surface area contributed by atoms with Gasteiger partial charge < -0.3 is 0 Å². The van der Waals surface area contributed by atoms with Crippen molar-refractivity contribution in [2.45, 2.75) is 30.7 Å². The van der Waals surface area contributed by atoms with Crippen LogP contribution in [0.15, 0.2) is 70.6 Å². The van der Waals surface area contributed by atoms with Crippen molar-refractivity contribution in [2.75, 3.05) is 25.1 Å². The van der Waals surface area contributed by atoms with Crippen molar-refractivity contribution >= 4 is 33.2 Å². The second kappa shape index (κ2) is 8.93.